The van der Waals surface area contributed by atoms with E-state index in [0.717, 1.165) is 18.4 Å². The van der Waals surface area contributed by atoms with Crippen LogP contribution in [-0.4, -0.2) is 12.1 Å². The molecule has 0 saturated carbocycles. The molecule has 22 heavy (non-hydrogen) atoms. The third-order valence-electron chi connectivity index (χ3n) is 3.33. The van der Waals surface area contributed by atoms with E-state index in [4.69, 9.17) is 4.84 Å². The van der Waals surface area contributed by atoms with Crippen molar-refractivity contribution in [3.63, 3.8) is 0 Å². The summed E-state index contributed by atoms with van der Waals surface area (Å²) in [5, 5.41) is 2.86. The molecule has 2 amide bonds. The van der Waals surface area contributed by atoms with Crippen molar-refractivity contribution in [2.45, 2.75) is 32.4 Å². The van der Waals surface area contributed by atoms with Gasteiger partial charge in [-0.05, 0) is 30.9 Å². The van der Waals surface area contributed by atoms with Gasteiger partial charge in [-0.2, -0.15) is 0 Å². The van der Waals surface area contributed by atoms with Crippen LogP contribution in [0, 0.1) is 0 Å². The zero-order valence-corrected chi connectivity index (χ0v) is 12.8. The molecule has 0 bridgehead atoms. The summed E-state index contributed by atoms with van der Waals surface area (Å²) in [6, 6.07) is 19.7. The number of urea groups is 1. The summed E-state index contributed by atoms with van der Waals surface area (Å²) in [5.74, 6) is 0. The lowest BCUT2D eigenvalue weighted by atomic mass is 10.1. The third-order valence-corrected chi connectivity index (χ3v) is 3.33. The molecule has 2 aromatic carbocycles. The summed E-state index contributed by atoms with van der Waals surface area (Å²) in [7, 11) is 0. The molecule has 1 unspecified atom stereocenters. The van der Waals surface area contributed by atoms with E-state index in [9.17, 15) is 4.79 Å². The normalized spacial score (nSPS) is 11.7. The Kier molecular flexibility index (Phi) is 6.45. The van der Waals surface area contributed by atoms with Gasteiger partial charge in [0, 0.05) is 6.04 Å². The van der Waals surface area contributed by atoms with Gasteiger partial charge >= 0.3 is 6.03 Å². The minimum Gasteiger partial charge on any atom is -0.334 e. The largest absolute Gasteiger partial charge is 0.338 e. The molecule has 2 rings (SSSR count). The number of carbonyl (C=O) groups excluding carboxylic acids is 1. The standard InChI is InChI=1S/C18H22N2O2/c1-15(12-13-16-8-4-2-5-9-16)19-18(21)20-22-14-17-10-6-3-7-11-17/h2-11,15H,12-14H2,1H3,(H2,19,20,21). The molecular formula is C18H22N2O2. The lowest BCUT2D eigenvalue weighted by molar-refractivity contribution is 0.0482. The second-order valence-electron chi connectivity index (χ2n) is 5.28. The Morgan fingerprint density at radius 2 is 1.59 bits per heavy atom. The van der Waals surface area contributed by atoms with Crippen LogP contribution in [0.15, 0.2) is 60.7 Å². The number of nitrogens with one attached hydrogen (secondary N) is 2. The van der Waals surface area contributed by atoms with Crippen molar-refractivity contribution in [2.24, 2.45) is 0 Å². The van der Waals surface area contributed by atoms with E-state index in [0.29, 0.717) is 6.61 Å². The summed E-state index contributed by atoms with van der Waals surface area (Å²) in [6.07, 6.45) is 1.82. The highest BCUT2D eigenvalue weighted by molar-refractivity contribution is 5.72. The zero-order valence-electron chi connectivity index (χ0n) is 12.8. The van der Waals surface area contributed by atoms with Gasteiger partial charge in [-0.25, -0.2) is 10.3 Å². The molecule has 4 nitrogen and oxygen atoms in total. The van der Waals surface area contributed by atoms with Crippen LogP contribution in [-0.2, 0) is 17.9 Å². The lowest BCUT2D eigenvalue weighted by Gasteiger charge is -2.14. The van der Waals surface area contributed by atoms with Crippen LogP contribution in [0.3, 0.4) is 0 Å². The molecule has 0 aromatic heterocycles. The van der Waals surface area contributed by atoms with Crippen LogP contribution < -0.4 is 10.8 Å². The van der Waals surface area contributed by atoms with E-state index in [1.165, 1.54) is 5.56 Å². The van der Waals surface area contributed by atoms with E-state index in [-0.39, 0.29) is 12.1 Å². The first-order valence-electron chi connectivity index (χ1n) is 7.50. The number of hydrogen-bond acceptors (Lipinski definition) is 2. The molecule has 2 aromatic rings. The first-order valence-corrected chi connectivity index (χ1v) is 7.50. The predicted molar refractivity (Wildman–Crippen MR) is 87.1 cm³/mol. The number of benzene rings is 2. The Balaban J connectivity index is 1.62. The van der Waals surface area contributed by atoms with Crippen LogP contribution in [0.5, 0.6) is 0 Å². The summed E-state index contributed by atoms with van der Waals surface area (Å²) in [4.78, 5) is 16.9. The van der Waals surface area contributed by atoms with Crippen molar-refractivity contribution in [1.82, 2.24) is 10.8 Å². The fourth-order valence-corrected chi connectivity index (χ4v) is 2.11. The van der Waals surface area contributed by atoms with Crippen LogP contribution in [0.2, 0.25) is 0 Å². The number of amides is 2. The van der Waals surface area contributed by atoms with Gasteiger partial charge in [0.05, 0.1) is 6.61 Å². The number of carbonyl (C=O) groups is 1. The molecule has 0 spiro atoms. The molecule has 0 aliphatic heterocycles. The maximum absolute atomic E-state index is 11.7. The molecule has 0 aliphatic rings. The van der Waals surface area contributed by atoms with Crippen molar-refractivity contribution < 1.29 is 9.63 Å². The van der Waals surface area contributed by atoms with Gasteiger partial charge in [-0.15, -0.1) is 0 Å². The second kappa shape index (κ2) is 8.85. The Morgan fingerprint density at radius 1 is 1.00 bits per heavy atom. The molecular weight excluding hydrogens is 276 g/mol. The average Bonchev–Trinajstić information content (AvgIpc) is 2.55. The third kappa shape index (κ3) is 5.97. The zero-order chi connectivity index (χ0) is 15.6. The molecule has 0 radical (unpaired) electrons. The maximum Gasteiger partial charge on any atom is 0.338 e. The van der Waals surface area contributed by atoms with Gasteiger partial charge in [0.2, 0.25) is 0 Å². The Hall–Kier alpha value is -2.33. The van der Waals surface area contributed by atoms with E-state index < -0.39 is 0 Å². The number of aryl methyl sites for hydroxylation is 1. The first-order chi connectivity index (χ1) is 10.7. The molecule has 0 saturated heterocycles. The molecule has 116 valence electrons. The van der Waals surface area contributed by atoms with Crippen molar-refractivity contribution >= 4 is 6.03 Å². The molecule has 0 fully saturated rings. The summed E-state index contributed by atoms with van der Waals surface area (Å²) >= 11 is 0. The number of hydrogen-bond donors (Lipinski definition) is 2. The van der Waals surface area contributed by atoms with Gasteiger partial charge in [0.25, 0.3) is 0 Å². The van der Waals surface area contributed by atoms with Crippen molar-refractivity contribution in [3.05, 3.63) is 71.8 Å². The summed E-state index contributed by atoms with van der Waals surface area (Å²) < 4.78 is 0. The maximum atomic E-state index is 11.7. The van der Waals surface area contributed by atoms with E-state index in [1.807, 2.05) is 55.5 Å². The molecule has 0 heterocycles. The Labute approximate surface area is 131 Å². The minimum absolute atomic E-state index is 0.0838. The Morgan fingerprint density at radius 3 is 2.23 bits per heavy atom. The minimum atomic E-state index is -0.309. The van der Waals surface area contributed by atoms with Crippen molar-refractivity contribution in [1.29, 1.82) is 0 Å². The molecule has 2 N–H and O–H groups in total. The van der Waals surface area contributed by atoms with E-state index in [1.54, 1.807) is 0 Å². The predicted octanol–water partition coefficient (Wildman–Crippen LogP) is 3.44. The smallest absolute Gasteiger partial charge is 0.334 e. The van der Waals surface area contributed by atoms with Crippen LogP contribution in [0.25, 0.3) is 0 Å². The van der Waals surface area contributed by atoms with Gasteiger partial charge in [0.15, 0.2) is 0 Å². The SMILES string of the molecule is CC(CCc1ccccc1)NC(=O)NOCc1ccccc1. The van der Waals surface area contributed by atoms with Gasteiger partial charge in [0.1, 0.15) is 0 Å². The average molecular weight is 298 g/mol. The number of rotatable bonds is 7. The highest BCUT2D eigenvalue weighted by Gasteiger charge is 2.07. The van der Waals surface area contributed by atoms with Gasteiger partial charge < -0.3 is 5.32 Å². The first kappa shape index (κ1) is 16.0. The van der Waals surface area contributed by atoms with Crippen LogP contribution in [0.4, 0.5) is 4.79 Å². The Bertz CT molecular complexity index is 558. The fraction of sp³-hybridized carbons (Fsp3) is 0.278. The van der Waals surface area contributed by atoms with Crippen LogP contribution in [0.1, 0.15) is 24.5 Å². The summed E-state index contributed by atoms with van der Waals surface area (Å²) in [5.41, 5.74) is 4.70. The van der Waals surface area contributed by atoms with Crippen molar-refractivity contribution in [3.8, 4) is 0 Å². The fourth-order valence-electron chi connectivity index (χ4n) is 2.11. The molecule has 1 atom stereocenters. The van der Waals surface area contributed by atoms with E-state index >= 15 is 0 Å². The van der Waals surface area contributed by atoms with Gasteiger partial charge in [-0.3, -0.25) is 4.84 Å². The van der Waals surface area contributed by atoms with Crippen molar-refractivity contribution in [2.75, 3.05) is 0 Å². The summed E-state index contributed by atoms with van der Waals surface area (Å²) in [6.45, 7) is 2.34. The second-order valence-corrected chi connectivity index (χ2v) is 5.28. The van der Waals surface area contributed by atoms with Gasteiger partial charge in [-0.1, -0.05) is 60.7 Å². The quantitative estimate of drug-likeness (QED) is 0.769. The van der Waals surface area contributed by atoms with Crippen LogP contribution >= 0.6 is 0 Å². The highest BCUT2D eigenvalue weighted by Crippen LogP contribution is 2.04. The van der Waals surface area contributed by atoms with E-state index in [2.05, 4.69) is 22.9 Å². The molecule has 4 heteroatoms. The topological polar surface area (TPSA) is 50.4 Å². The number of hydroxylamine groups is 1. The molecule has 0 aliphatic carbocycles. The monoisotopic (exact) mass is 298 g/mol. The highest BCUT2D eigenvalue weighted by atomic mass is 16.7. The lowest BCUT2D eigenvalue weighted by Crippen LogP contribution is -2.40.